The van der Waals surface area contributed by atoms with E-state index in [1.165, 1.54) is 0 Å². The fourth-order valence-corrected chi connectivity index (χ4v) is 2.15. The Kier molecular flexibility index (Phi) is 5.10. The van der Waals surface area contributed by atoms with Gasteiger partial charge in [0.05, 0.1) is 11.0 Å². The zero-order chi connectivity index (χ0) is 17.0. The largest absolute Gasteiger partial charge is 0.368 e. The molecule has 0 aliphatic heterocycles. The summed E-state index contributed by atoms with van der Waals surface area (Å²) in [6.45, 7) is 6.69. The summed E-state index contributed by atoms with van der Waals surface area (Å²) in [6, 6.07) is 2.88. The minimum atomic E-state index is -0.920. The number of carbonyl (C=O) groups excluding carboxylic acids is 2. The second kappa shape index (κ2) is 7.04. The summed E-state index contributed by atoms with van der Waals surface area (Å²) < 4.78 is 0. The number of primary amides is 1. The number of aromatic nitrogens is 2. The SMILES string of the molecule is CCCCNc1nc2cc(C)c(C)cc2nc1C(=O)NC(N)=O. The summed E-state index contributed by atoms with van der Waals surface area (Å²) >= 11 is 0. The molecule has 7 nitrogen and oxygen atoms in total. The van der Waals surface area contributed by atoms with Gasteiger partial charge in [0.1, 0.15) is 0 Å². The third-order valence-corrected chi connectivity index (χ3v) is 3.55. The Balaban J connectivity index is 2.50. The molecule has 0 unspecified atom stereocenters. The number of nitrogens with zero attached hydrogens (tertiary/aromatic N) is 2. The number of benzene rings is 1. The number of rotatable bonds is 5. The molecular weight excluding hydrogens is 294 g/mol. The highest BCUT2D eigenvalue weighted by Crippen LogP contribution is 2.20. The Hall–Kier alpha value is -2.70. The predicted molar refractivity (Wildman–Crippen MR) is 89.5 cm³/mol. The third-order valence-electron chi connectivity index (χ3n) is 3.55. The molecule has 3 amide bonds. The summed E-state index contributed by atoms with van der Waals surface area (Å²) in [4.78, 5) is 31.9. The van der Waals surface area contributed by atoms with Gasteiger partial charge >= 0.3 is 6.03 Å². The minimum absolute atomic E-state index is 0.0654. The van der Waals surface area contributed by atoms with Crippen LogP contribution in [0.4, 0.5) is 10.6 Å². The smallest absolute Gasteiger partial charge is 0.319 e. The maximum atomic E-state index is 12.1. The molecule has 7 heteroatoms. The van der Waals surface area contributed by atoms with Crippen molar-refractivity contribution < 1.29 is 9.59 Å². The normalized spacial score (nSPS) is 10.6. The first-order chi connectivity index (χ1) is 10.9. The van der Waals surface area contributed by atoms with Crippen molar-refractivity contribution in [1.29, 1.82) is 0 Å². The summed E-state index contributed by atoms with van der Waals surface area (Å²) in [7, 11) is 0. The molecule has 0 radical (unpaired) electrons. The maximum absolute atomic E-state index is 12.1. The van der Waals surface area contributed by atoms with Crippen LogP contribution >= 0.6 is 0 Å². The highest BCUT2D eigenvalue weighted by atomic mass is 16.2. The number of nitrogens with two attached hydrogens (primary N) is 1. The van der Waals surface area contributed by atoms with E-state index in [2.05, 4.69) is 22.2 Å². The molecule has 122 valence electrons. The third kappa shape index (κ3) is 3.94. The van der Waals surface area contributed by atoms with E-state index in [0.717, 1.165) is 24.0 Å². The first-order valence-corrected chi connectivity index (χ1v) is 7.56. The molecule has 0 spiro atoms. The number of carbonyl (C=O) groups is 2. The Morgan fingerprint density at radius 1 is 1.13 bits per heavy atom. The van der Waals surface area contributed by atoms with Crippen molar-refractivity contribution in [1.82, 2.24) is 15.3 Å². The molecule has 1 heterocycles. The van der Waals surface area contributed by atoms with Crippen LogP contribution in [0.1, 0.15) is 41.4 Å². The van der Waals surface area contributed by atoms with Gasteiger partial charge in [-0.2, -0.15) is 0 Å². The number of unbranched alkanes of at least 4 members (excludes halogenated alkanes) is 1. The number of fused-ring (bicyclic) bond motifs is 1. The lowest BCUT2D eigenvalue weighted by molar-refractivity contribution is 0.0962. The van der Waals surface area contributed by atoms with Crippen molar-refractivity contribution in [3.63, 3.8) is 0 Å². The molecule has 4 N–H and O–H groups in total. The summed E-state index contributed by atoms with van der Waals surface area (Å²) in [5, 5.41) is 5.15. The molecule has 0 saturated carbocycles. The van der Waals surface area contributed by atoms with E-state index in [-0.39, 0.29) is 5.69 Å². The second-order valence-corrected chi connectivity index (χ2v) is 5.44. The lowest BCUT2D eigenvalue weighted by Crippen LogP contribution is -2.36. The predicted octanol–water partition coefficient (Wildman–Crippen LogP) is 2.27. The Morgan fingerprint density at radius 3 is 2.30 bits per heavy atom. The lowest BCUT2D eigenvalue weighted by atomic mass is 10.1. The molecule has 2 aromatic rings. The first kappa shape index (κ1) is 16.7. The monoisotopic (exact) mass is 315 g/mol. The van der Waals surface area contributed by atoms with Crippen LogP contribution in [-0.2, 0) is 0 Å². The van der Waals surface area contributed by atoms with Crippen LogP contribution in [0.25, 0.3) is 11.0 Å². The molecule has 2 rings (SSSR count). The average molecular weight is 315 g/mol. The van der Waals surface area contributed by atoms with E-state index in [1.807, 2.05) is 31.3 Å². The second-order valence-electron chi connectivity index (χ2n) is 5.44. The standard InChI is InChI=1S/C16H21N5O2/c1-4-5-6-18-14-13(15(22)21-16(17)23)19-11-7-9(2)10(3)8-12(11)20-14/h7-8H,4-6H2,1-3H3,(H,18,20)(H3,17,21,22,23). The molecule has 0 aliphatic carbocycles. The van der Waals surface area contributed by atoms with Crippen LogP contribution in [0.15, 0.2) is 12.1 Å². The van der Waals surface area contributed by atoms with Gasteiger partial charge in [-0.25, -0.2) is 14.8 Å². The lowest BCUT2D eigenvalue weighted by Gasteiger charge is -2.12. The number of imide groups is 1. The molecule has 0 fully saturated rings. The zero-order valence-corrected chi connectivity index (χ0v) is 13.6. The fourth-order valence-electron chi connectivity index (χ4n) is 2.15. The van der Waals surface area contributed by atoms with E-state index in [4.69, 9.17) is 5.73 Å². The first-order valence-electron chi connectivity index (χ1n) is 7.56. The van der Waals surface area contributed by atoms with Crippen LogP contribution in [0, 0.1) is 13.8 Å². The quantitative estimate of drug-likeness (QED) is 0.733. The fraction of sp³-hybridized carbons (Fsp3) is 0.375. The van der Waals surface area contributed by atoms with Crippen molar-refractivity contribution in [2.75, 3.05) is 11.9 Å². The Labute approximate surface area is 134 Å². The number of hydrogen-bond acceptors (Lipinski definition) is 5. The van der Waals surface area contributed by atoms with Crippen molar-refractivity contribution in [2.45, 2.75) is 33.6 Å². The molecule has 0 aliphatic rings. The maximum Gasteiger partial charge on any atom is 0.319 e. The minimum Gasteiger partial charge on any atom is -0.368 e. The van der Waals surface area contributed by atoms with Crippen LogP contribution in [0.5, 0.6) is 0 Å². The van der Waals surface area contributed by atoms with Crippen LogP contribution in [-0.4, -0.2) is 28.5 Å². The number of amides is 3. The molecule has 0 saturated heterocycles. The number of anilines is 1. The summed E-state index contributed by atoms with van der Waals surface area (Å²) in [5.74, 6) is -0.308. The number of hydrogen-bond donors (Lipinski definition) is 3. The topological polar surface area (TPSA) is 110 Å². The molecule has 1 aromatic carbocycles. The number of urea groups is 1. The molecule has 0 bridgehead atoms. The van der Waals surface area contributed by atoms with Gasteiger partial charge in [-0.1, -0.05) is 13.3 Å². The number of aryl methyl sites for hydroxylation is 2. The molecule has 0 atom stereocenters. The van der Waals surface area contributed by atoms with Crippen molar-refractivity contribution >= 4 is 28.8 Å². The van der Waals surface area contributed by atoms with Gasteiger partial charge in [-0.3, -0.25) is 10.1 Å². The van der Waals surface area contributed by atoms with E-state index in [0.29, 0.717) is 23.4 Å². The van der Waals surface area contributed by atoms with Gasteiger partial charge in [0.25, 0.3) is 5.91 Å². The van der Waals surface area contributed by atoms with Crippen LogP contribution in [0.2, 0.25) is 0 Å². The van der Waals surface area contributed by atoms with Gasteiger partial charge in [-0.15, -0.1) is 0 Å². The van der Waals surface area contributed by atoms with Crippen LogP contribution in [0.3, 0.4) is 0 Å². The van der Waals surface area contributed by atoms with Crippen LogP contribution < -0.4 is 16.4 Å². The summed E-state index contributed by atoms with van der Waals surface area (Å²) in [5.41, 5.74) is 8.54. The zero-order valence-electron chi connectivity index (χ0n) is 13.6. The van der Waals surface area contributed by atoms with Crippen molar-refractivity contribution in [2.24, 2.45) is 5.73 Å². The molecule has 1 aromatic heterocycles. The number of nitrogens with one attached hydrogen (secondary N) is 2. The summed E-state index contributed by atoms with van der Waals surface area (Å²) in [6.07, 6.45) is 1.94. The van der Waals surface area contributed by atoms with Crippen molar-refractivity contribution in [3.05, 3.63) is 29.0 Å². The highest BCUT2D eigenvalue weighted by molar-refractivity contribution is 6.06. The molecular formula is C16H21N5O2. The van der Waals surface area contributed by atoms with Gasteiger partial charge < -0.3 is 11.1 Å². The van der Waals surface area contributed by atoms with Gasteiger partial charge in [0, 0.05) is 6.54 Å². The highest BCUT2D eigenvalue weighted by Gasteiger charge is 2.18. The van der Waals surface area contributed by atoms with Crippen molar-refractivity contribution in [3.8, 4) is 0 Å². The van der Waals surface area contributed by atoms with E-state index in [1.54, 1.807) is 0 Å². The Bertz CT molecular complexity index is 758. The van der Waals surface area contributed by atoms with E-state index >= 15 is 0 Å². The van der Waals surface area contributed by atoms with Gasteiger partial charge in [0.15, 0.2) is 11.5 Å². The average Bonchev–Trinajstić information content (AvgIpc) is 2.47. The van der Waals surface area contributed by atoms with E-state index < -0.39 is 11.9 Å². The molecule has 23 heavy (non-hydrogen) atoms. The Morgan fingerprint density at radius 2 is 1.74 bits per heavy atom. The van der Waals surface area contributed by atoms with Gasteiger partial charge in [0.2, 0.25) is 0 Å². The van der Waals surface area contributed by atoms with Gasteiger partial charge in [-0.05, 0) is 43.5 Å². The van der Waals surface area contributed by atoms with E-state index in [9.17, 15) is 9.59 Å².